The average Bonchev–Trinajstić information content (AvgIpc) is 3.16. The summed E-state index contributed by atoms with van der Waals surface area (Å²) in [6, 6.07) is 15.3. The number of thioether (sulfide) groups is 1. The summed E-state index contributed by atoms with van der Waals surface area (Å²) in [7, 11) is 0. The molecular formula is C21H22ClN5OS. The van der Waals surface area contributed by atoms with Gasteiger partial charge in [0.2, 0.25) is 11.1 Å². The van der Waals surface area contributed by atoms with E-state index in [0.717, 1.165) is 24.2 Å². The Balaban J connectivity index is 1.65. The van der Waals surface area contributed by atoms with Crippen LogP contribution in [0.2, 0.25) is 5.02 Å². The van der Waals surface area contributed by atoms with Crippen molar-refractivity contribution in [1.82, 2.24) is 14.9 Å². The maximum atomic E-state index is 13.2. The number of nitrogens with one attached hydrogen (secondary N) is 2. The third-order valence-corrected chi connectivity index (χ3v) is 6.40. The molecule has 2 atom stereocenters. The Morgan fingerprint density at radius 2 is 1.83 bits per heavy atom. The molecule has 0 bridgehead atoms. The molecule has 150 valence electrons. The van der Waals surface area contributed by atoms with E-state index in [-0.39, 0.29) is 11.9 Å². The first-order valence-electron chi connectivity index (χ1n) is 9.61. The molecule has 0 saturated heterocycles. The summed E-state index contributed by atoms with van der Waals surface area (Å²) in [4.78, 5) is 13.2. The Kier molecular flexibility index (Phi) is 5.78. The van der Waals surface area contributed by atoms with E-state index >= 15 is 0 Å². The predicted octanol–water partition coefficient (Wildman–Crippen LogP) is 4.45. The van der Waals surface area contributed by atoms with Gasteiger partial charge in [-0.2, -0.15) is 0 Å². The van der Waals surface area contributed by atoms with Gasteiger partial charge in [0.25, 0.3) is 0 Å². The molecule has 1 aliphatic heterocycles. The van der Waals surface area contributed by atoms with Gasteiger partial charge < -0.3 is 10.7 Å². The van der Waals surface area contributed by atoms with Crippen molar-refractivity contribution < 1.29 is 4.79 Å². The van der Waals surface area contributed by atoms with Gasteiger partial charge in [0.05, 0.1) is 6.04 Å². The van der Waals surface area contributed by atoms with Crippen LogP contribution >= 0.6 is 23.4 Å². The van der Waals surface area contributed by atoms with Gasteiger partial charge in [-0.25, -0.2) is 4.68 Å². The average molecular weight is 428 g/mol. The molecule has 1 aliphatic rings. The first kappa shape index (κ1) is 19.8. The molecular weight excluding hydrogens is 406 g/mol. The normalized spacial score (nSPS) is 18.0. The Bertz CT molecular complexity index is 1000. The van der Waals surface area contributed by atoms with Crippen molar-refractivity contribution >= 4 is 35.0 Å². The molecule has 0 aliphatic carbocycles. The smallest absolute Gasteiger partial charge is 0.240 e. The lowest BCUT2D eigenvalue weighted by Crippen LogP contribution is -2.41. The molecule has 0 radical (unpaired) electrons. The van der Waals surface area contributed by atoms with Crippen molar-refractivity contribution in [3.8, 4) is 0 Å². The topological polar surface area (TPSA) is 71.8 Å². The van der Waals surface area contributed by atoms with Crippen LogP contribution in [-0.2, 0) is 17.6 Å². The molecule has 4 rings (SSSR count). The van der Waals surface area contributed by atoms with Crippen LogP contribution in [0.15, 0.2) is 53.7 Å². The summed E-state index contributed by atoms with van der Waals surface area (Å²) >= 11 is 7.38. The second-order valence-electron chi connectivity index (χ2n) is 6.82. The molecule has 0 unspecified atom stereocenters. The van der Waals surface area contributed by atoms with E-state index in [1.54, 1.807) is 24.3 Å². The standard InChI is InChI=1S/C21H22ClN5OS/c1-3-13-5-7-14(8-6-13)18-19(20(28)23-16-11-9-15(22)10-12-16)29-21-25-24-17(4-2)27(21)26-18/h5-12,18-19,26H,3-4H2,1-2H3,(H,23,28)/t18-,19-/m0/s1. The highest BCUT2D eigenvalue weighted by molar-refractivity contribution is 8.00. The highest BCUT2D eigenvalue weighted by Gasteiger charge is 2.37. The number of benzene rings is 2. The molecule has 1 aromatic heterocycles. The van der Waals surface area contributed by atoms with Gasteiger partial charge in [-0.05, 0) is 41.8 Å². The molecule has 0 saturated carbocycles. The summed E-state index contributed by atoms with van der Waals surface area (Å²) in [6.45, 7) is 4.16. The summed E-state index contributed by atoms with van der Waals surface area (Å²) < 4.78 is 1.90. The first-order valence-corrected chi connectivity index (χ1v) is 10.9. The lowest BCUT2D eigenvalue weighted by atomic mass is 10.0. The van der Waals surface area contributed by atoms with Gasteiger partial charge >= 0.3 is 0 Å². The number of rotatable bonds is 5. The molecule has 29 heavy (non-hydrogen) atoms. The van der Waals surface area contributed by atoms with Crippen LogP contribution in [0, 0.1) is 0 Å². The summed E-state index contributed by atoms with van der Waals surface area (Å²) in [5, 5.41) is 12.4. The van der Waals surface area contributed by atoms with Gasteiger partial charge in [0.1, 0.15) is 5.25 Å². The number of fused-ring (bicyclic) bond motifs is 1. The molecule has 2 N–H and O–H groups in total. The number of halogens is 1. The second kappa shape index (κ2) is 8.47. The van der Waals surface area contributed by atoms with Crippen LogP contribution in [0.3, 0.4) is 0 Å². The van der Waals surface area contributed by atoms with Gasteiger partial charge in [-0.15, -0.1) is 10.2 Å². The van der Waals surface area contributed by atoms with Crippen molar-refractivity contribution in [2.75, 3.05) is 10.7 Å². The Labute approximate surface area is 179 Å². The quantitative estimate of drug-likeness (QED) is 0.629. The highest BCUT2D eigenvalue weighted by Crippen LogP contribution is 2.37. The largest absolute Gasteiger partial charge is 0.325 e. The van der Waals surface area contributed by atoms with Gasteiger partial charge in [-0.3, -0.25) is 4.79 Å². The second-order valence-corrected chi connectivity index (χ2v) is 8.37. The minimum absolute atomic E-state index is 0.0957. The number of nitrogens with zero attached hydrogens (tertiary/aromatic N) is 3. The van der Waals surface area contributed by atoms with Gasteiger partial charge in [0.15, 0.2) is 5.82 Å². The summed E-state index contributed by atoms with van der Waals surface area (Å²) in [5.74, 6) is 0.751. The van der Waals surface area contributed by atoms with Crippen molar-refractivity contribution in [2.45, 2.75) is 43.1 Å². The van der Waals surface area contributed by atoms with Crippen molar-refractivity contribution in [3.05, 3.63) is 70.5 Å². The van der Waals surface area contributed by atoms with E-state index in [1.165, 1.54) is 17.3 Å². The molecule has 3 aromatic rings. The van der Waals surface area contributed by atoms with Crippen LogP contribution in [0.5, 0.6) is 0 Å². The van der Waals surface area contributed by atoms with Crippen LogP contribution in [0.25, 0.3) is 0 Å². The maximum absolute atomic E-state index is 13.2. The van der Waals surface area contributed by atoms with Crippen LogP contribution in [-0.4, -0.2) is 26.0 Å². The van der Waals surface area contributed by atoms with Crippen LogP contribution < -0.4 is 10.7 Å². The molecule has 1 amide bonds. The molecule has 0 fully saturated rings. The number of carbonyl (C=O) groups excluding carboxylic acids is 1. The molecule has 6 nitrogen and oxygen atoms in total. The van der Waals surface area contributed by atoms with Crippen molar-refractivity contribution in [2.24, 2.45) is 0 Å². The number of hydrogen-bond donors (Lipinski definition) is 2. The van der Waals surface area contributed by atoms with Gasteiger partial charge in [-0.1, -0.05) is 61.5 Å². The van der Waals surface area contributed by atoms with E-state index in [9.17, 15) is 4.79 Å². The number of carbonyl (C=O) groups is 1. The predicted molar refractivity (Wildman–Crippen MR) is 117 cm³/mol. The zero-order valence-electron chi connectivity index (χ0n) is 16.2. The summed E-state index contributed by atoms with van der Waals surface area (Å²) in [5.41, 5.74) is 6.49. The number of anilines is 1. The number of aryl methyl sites for hydroxylation is 2. The summed E-state index contributed by atoms with van der Waals surface area (Å²) in [6.07, 6.45) is 1.73. The number of aromatic nitrogens is 3. The SMILES string of the molecule is CCc1ccc([C@@H]2Nn3c(CC)nnc3S[C@@H]2C(=O)Nc2ccc(Cl)cc2)cc1. The van der Waals surface area contributed by atoms with Crippen molar-refractivity contribution in [1.29, 1.82) is 0 Å². The van der Waals surface area contributed by atoms with E-state index in [1.807, 2.05) is 11.6 Å². The third kappa shape index (κ3) is 4.11. The Hall–Kier alpha value is -2.51. The van der Waals surface area contributed by atoms with E-state index in [4.69, 9.17) is 11.6 Å². The minimum atomic E-state index is -0.403. The van der Waals surface area contributed by atoms with Crippen LogP contribution in [0.4, 0.5) is 5.69 Å². The van der Waals surface area contributed by atoms with E-state index < -0.39 is 5.25 Å². The maximum Gasteiger partial charge on any atom is 0.240 e. The molecule has 8 heteroatoms. The number of hydrogen-bond acceptors (Lipinski definition) is 5. The Morgan fingerprint density at radius 1 is 1.10 bits per heavy atom. The highest BCUT2D eigenvalue weighted by atomic mass is 35.5. The van der Waals surface area contributed by atoms with Gasteiger partial charge in [0, 0.05) is 17.1 Å². The van der Waals surface area contributed by atoms with E-state index in [2.05, 4.69) is 52.1 Å². The fourth-order valence-corrected chi connectivity index (χ4v) is 4.51. The molecule has 2 aromatic carbocycles. The zero-order valence-corrected chi connectivity index (χ0v) is 17.8. The Morgan fingerprint density at radius 3 is 2.48 bits per heavy atom. The fourth-order valence-electron chi connectivity index (χ4n) is 3.29. The lowest BCUT2D eigenvalue weighted by molar-refractivity contribution is -0.116. The first-order chi connectivity index (χ1) is 14.1. The third-order valence-electron chi connectivity index (χ3n) is 4.94. The molecule has 2 heterocycles. The number of amides is 1. The fraction of sp³-hybridized carbons (Fsp3) is 0.286. The minimum Gasteiger partial charge on any atom is -0.325 e. The van der Waals surface area contributed by atoms with E-state index in [0.29, 0.717) is 15.9 Å². The molecule has 0 spiro atoms. The van der Waals surface area contributed by atoms with Crippen LogP contribution in [0.1, 0.15) is 36.8 Å². The monoisotopic (exact) mass is 427 g/mol. The zero-order chi connectivity index (χ0) is 20.4. The lowest BCUT2D eigenvalue weighted by Gasteiger charge is -2.33. The van der Waals surface area contributed by atoms with Crippen molar-refractivity contribution in [3.63, 3.8) is 0 Å².